The van der Waals surface area contributed by atoms with Crippen molar-refractivity contribution >= 4 is 5.91 Å². The molecule has 0 aliphatic carbocycles. The quantitative estimate of drug-likeness (QED) is 0.884. The van der Waals surface area contributed by atoms with Crippen LogP contribution in [0.4, 0.5) is 0 Å². The van der Waals surface area contributed by atoms with Crippen LogP contribution in [0, 0.1) is 0 Å². The van der Waals surface area contributed by atoms with Gasteiger partial charge in [-0.3, -0.25) is 4.79 Å². The minimum atomic E-state index is -0.210. The van der Waals surface area contributed by atoms with Gasteiger partial charge >= 0.3 is 0 Å². The molecule has 1 aliphatic heterocycles. The molecule has 0 unspecified atom stereocenters. The number of carbonyl (C=O) groups is 1. The van der Waals surface area contributed by atoms with Crippen LogP contribution in [0.1, 0.15) is 31.2 Å². The Morgan fingerprint density at radius 3 is 2.56 bits per heavy atom. The highest BCUT2D eigenvalue weighted by atomic mass is 16.3. The van der Waals surface area contributed by atoms with Gasteiger partial charge in [-0.05, 0) is 31.2 Å². The molecule has 3 heteroatoms. The first-order valence-electron chi connectivity index (χ1n) is 6.75. The van der Waals surface area contributed by atoms with E-state index in [4.69, 9.17) is 0 Å². The third kappa shape index (κ3) is 3.84. The van der Waals surface area contributed by atoms with Crippen molar-refractivity contribution in [1.29, 1.82) is 0 Å². The number of aliphatic hydroxyl groups excluding tert-OH is 1. The predicted molar refractivity (Wildman–Crippen MR) is 71.2 cm³/mol. The van der Waals surface area contributed by atoms with E-state index in [1.165, 1.54) is 5.56 Å². The van der Waals surface area contributed by atoms with Crippen LogP contribution < -0.4 is 0 Å². The van der Waals surface area contributed by atoms with Crippen molar-refractivity contribution in [3.63, 3.8) is 0 Å². The van der Waals surface area contributed by atoms with Gasteiger partial charge in [0.05, 0.1) is 6.10 Å². The second kappa shape index (κ2) is 6.55. The lowest BCUT2D eigenvalue weighted by atomic mass is 10.1. The van der Waals surface area contributed by atoms with Gasteiger partial charge in [0.15, 0.2) is 0 Å². The van der Waals surface area contributed by atoms with Crippen molar-refractivity contribution < 1.29 is 9.90 Å². The van der Waals surface area contributed by atoms with Crippen molar-refractivity contribution in [3.8, 4) is 0 Å². The number of aliphatic hydroxyl groups is 1. The van der Waals surface area contributed by atoms with Crippen LogP contribution in [-0.2, 0) is 11.2 Å². The Hall–Kier alpha value is -1.35. The molecule has 3 nitrogen and oxygen atoms in total. The minimum Gasteiger partial charge on any atom is -0.393 e. The number of amides is 1. The van der Waals surface area contributed by atoms with Gasteiger partial charge in [0.2, 0.25) is 5.91 Å². The van der Waals surface area contributed by atoms with E-state index in [-0.39, 0.29) is 12.0 Å². The fourth-order valence-electron chi connectivity index (χ4n) is 2.36. The summed E-state index contributed by atoms with van der Waals surface area (Å²) >= 11 is 0. The van der Waals surface area contributed by atoms with Gasteiger partial charge < -0.3 is 10.0 Å². The lowest BCUT2D eigenvalue weighted by Crippen LogP contribution is -2.39. The Bertz CT molecular complexity index is 369. The lowest BCUT2D eigenvalue weighted by molar-refractivity contribution is -0.133. The number of piperidine rings is 1. The molecule has 18 heavy (non-hydrogen) atoms. The Morgan fingerprint density at radius 2 is 1.89 bits per heavy atom. The molecule has 1 fully saturated rings. The number of benzene rings is 1. The topological polar surface area (TPSA) is 40.5 Å². The molecule has 1 aliphatic rings. The number of carbonyl (C=O) groups excluding carboxylic acids is 1. The highest BCUT2D eigenvalue weighted by Gasteiger charge is 2.20. The van der Waals surface area contributed by atoms with Crippen LogP contribution >= 0.6 is 0 Å². The van der Waals surface area contributed by atoms with Gasteiger partial charge in [-0.25, -0.2) is 0 Å². The second-order valence-electron chi connectivity index (χ2n) is 4.95. The largest absolute Gasteiger partial charge is 0.393 e. The molecule has 1 saturated heterocycles. The minimum absolute atomic E-state index is 0.210. The van der Waals surface area contributed by atoms with Crippen LogP contribution in [0.5, 0.6) is 0 Å². The standard InChI is InChI=1S/C15H21NO2/c17-14-9-11-16(12-10-14)15(18)8-4-7-13-5-2-1-3-6-13/h1-3,5-6,14,17H,4,7-12H2. The highest BCUT2D eigenvalue weighted by molar-refractivity contribution is 5.76. The summed E-state index contributed by atoms with van der Waals surface area (Å²) < 4.78 is 0. The molecule has 0 aromatic heterocycles. The summed E-state index contributed by atoms with van der Waals surface area (Å²) in [5.41, 5.74) is 1.29. The van der Waals surface area contributed by atoms with Gasteiger partial charge in [-0.1, -0.05) is 30.3 Å². The number of aryl methyl sites for hydroxylation is 1. The summed E-state index contributed by atoms with van der Waals surface area (Å²) in [5.74, 6) is 0.234. The summed E-state index contributed by atoms with van der Waals surface area (Å²) in [6.07, 6.45) is 3.73. The van der Waals surface area contributed by atoms with Crippen molar-refractivity contribution in [3.05, 3.63) is 35.9 Å². The zero-order valence-corrected chi connectivity index (χ0v) is 10.7. The summed E-state index contributed by atoms with van der Waals surface area (Å²) in [5, 5.41) is 9.40. The van der Waals surface area contributed by atoms with Crippen LogP contribution in [-0.4, -0.2) is 35.1 Å². The molecule has 1 amide bonds. The summed E-state index contributed by atoms with van der Waals surface area (Å²) in [6.45, 7) is 1.43. The molecule has 2 rings (SSSR count). The van der Waals surface area contributed by atoms with Crippen molar-refractivity contribution in [1.82, 2.24) is 4.90 Å². The fraction of sp³-hybridized carbons (Fsp3) is 0.533. The first-order valence-corrected chi connectivity index (χ1v) is 6.75. The van der Waals surface area contributed by atoms with Crippen molar-refractivity contribution in [2.75, 3.05) is 13.1 Å². The summed E-state index contributed by atoms with van der Waals surface area (Å²) in [7, 11) is 0. The smallest absolute Gasteiger partial charge is 0.222 e. The maximum atomic E-state index is 11.9. The molecule has 1 aromatic rings. The molecule has 0 atom stereocenters. The number of hydrogen-bond donors (Lipinski definition) is 1. The molecule has 98 valence electrons. The van der Waals surface area contributed by atoms with E-state index in [2.05, 4.69) is 12.1 Å². The van der Waals surface area contributed by atoms with Gasteiger partial charge in [0.1, 0.15) is 0 Å². The zero-order chi connectivity index (χ0) is 12.8. The molecule has 0 radical (unpaired) electrons. The van der Waals surface area contributed by atoms with E-state index in [0.717, 1.165) is 25.7 Å². The molecule has 1 aromatic carbocycles. The molecule has 0 saturated carbocycles. The molecule has 0 bridgehead atoms. The Kier molecular flexibility index (Phi) is 4.76. The normalized spacial score (nSPS) is 16.8. The van der Waals surface area contributed by atoms with Crippen LogP contribution in [0.3, 0.4) is 0 Å². The van der Waals surface area contributed by atoms with E-state index < -0.39 is 0 Å². The van der Waals surface area contributed by atoms with Crippen LogP contribution in [0.2, 0.25) is 0 Å². The lowest BCUT2D eigenvalue weighted by Gasteiger charge is -2.29. The average molecular weight is 247 g/mol. The molecular formula is C15H21NO2. The predicted octanol–water partition coefficient (Wildman–Crippen LogP) is 1.99. The van der Waals surface area contributed by atoms with Gasteiger partial charge in [0.25, 0.3) is 0 Å². The number of likely N-dealkylation sites (tertiary alicyclic amines) is 1. The van der Waals surface area contributed by atoms with E-state index in [0.29, 0.717) is 19.5 Å². The van der Waals surface area contributed by atoms with E-state index >= 15 is 0 Å². The first-order chi connectivity index (χ1) is 8.75. The summed E-state index contributed by atoms with van der Waals surface area (Å²) in [4.78, 5) is 13.8. The Balaban J connectivity index is 1.69. The third-order valence-electron chi connectivity index (χ3n) is 3.52. The van der Waals surface area contributed by atoms with Crippen LogP contribution in [0.25, 0.3) is 0 Å². The van der Waals surface area contributed by atoms with E-state index in [1.54, 1.807) is 0 Å². The van der Waals surface area contributed by atoms with E-state index in [9.17, 15) is 9.90 Å². The zero-order valence-electron chi connectivity index (χ0n) is 10.7. The fourth-order valence-corrected chi connectivity index (χ4v) is 2.36. The Morgan fingerprint density at radius 1 is 1.22 bits per heavy atom. The van der Waals surface area contributed by atoms with Gasteiger partial charge in [-0.15, -0.1) is 0 Å². The molecular weight excluding hydrogens is 226 g/mol. The Labute approximate surface area is 108 Å². The molecule has 1 heterocycles. The molecule has 0 spiro atoms. The number of rotatable bonds is 4. The van der Waals surface area contributed by atoms with Crippen molar-refractivity contribution in [2.24, 2.45) is 0 Å². The summed E-state index contributed by atoms with van der Waals surface area (Å²) in [6, 6.07) is 10.3. The number of nitrogens with zero attached hydrogens (tertiary/aromatic N) is 1. The maximum Gasteiger partial charge on any atom is 0.222 e. The first kappa shape index (κ1) is 13.1. The maximum absolute atomic E-state index is 11.9. The van der Waals surface area contributed by atoms with Gasteiger partial charge in [0, 0.05) is 19.5 Å². The van der Waals surface area contributed by atoms with Crippen molar-refractivity contribution in [2.45, 2.75) is 38.2 Å². The monoisotopic (exact) mass is 247 g/mol. The van der Waals surface area contributed by atoms with Crippen LogP contribution in [0.15, 0.2) is 30.3 Å². The highest BCUT2D eigenvalue weighted by Crippen LogP contribution is 2.12. The number of hydrogen-bond acceptors (Lipinski definition) is 2. The van der Waals surface area contributed by atoms with Gasteiger partial charge in [-0.2, -0.15) is 0 Å². The average Bonchev–Trinajstić information content (AvgIpc) is 2.40. The molecule has 1 N–H and O–H groups in total. The van der Waals surface area contributed by atoms with E-state index in [1.807, 2.05) is 23.1 Å². The second-order valence-corrected chi connectivity index (χ2v) is 4.95. The third-order valence-corrected chi connectivity index (χ3v) is 3.52. The SMILES string of the molecule is O=C(CCCc1ccccc1)N1CCC(O)CC1.